The first-order chi connectivity index (χ1) is 12.0. The van der Waals surface area contributed by atoms with E-state index in [4.69, 9.17) is 14.1 Å². The van der Waals surface area contributed by atoms with Gasteiger partial charge in [0.2, 0.25) is 5.89 Å². The third-order valence-corrected chi connectivity index (χ3v) is 6.45. The first kappa shape index (κ1) is 16.8. The number of hydrogen-bond donors (Lipinski definition) is 1. The molecule has 0 amide bonds. The second-order valence-corrected chi connectivity index (χ2v) is 8.74. The number of nitrogens with zero attached hydrogens (tertiary/aromatic N) is 3. The normalized spacial score (nSPS) is 27.2. The molecule has 25 heavy (non-hydrogen) atoms. The first-order valence-corrected chi connectivity index (χ1v) is 9.99. The lowest BCUT2D eigenvalue weighted by Crippen LogP contribution is -2.06. The number of rotatable bonds is 4. The minimum Gasteiger partial charge on any atom is -0.339 e. The molecule has 1 N–H and O–H groups in total. The minimum absolute atomic E-state index is 0.0107. The highest BCUT2D eigenvalue weighted by Gasteiger charge is 2.62. The average molecular weight is 361 g/mol. The molecule has 2 aromatic heterocycles. The van der Waals surface area contributed by atoms with Gasteiger partial charge >= 0.3 is 0 Å². The van der Waals surface area contributed by atoms with E-state index >= 15 is 0 Å². The quantitative estimate of drug-likeness (QED) is 0.828. The van der Waals surface area contributed by atoms with Crippen LogP contribution in [0.15, 0.2) is 27.7 Å². The van der Waals surface area contributed by atoms with Crippen molar-refractivity contribution in [2.75, 3.05) is 0 Å². The van der Waals surface area contributed by atoms with Crippen LogP contribution in [0.1, 0.15) is 81.1 Å². The van der Waals surface area contributed by atoms with E-state index in [0.29, 0.717) is 16.7 Å². The highest BCUT2D eigenvalue weighted by molar-refractivity contribution is 7.79. The Kier molecular flexibility index (Phi) is 4.24. The van der Waals surface area contributed by atoms with Crippen LogP contribution in [-0.2, 0) is 11.1 Å². The van der Waals surface area contributed by atoms with E-state index in [0.717, 1.165) is 24.4 Å². The van der Waals surface area contributed by atoms with Gasteiger partial charge in [0.1, 0.15) is 0 Å². The predicted octanol–water partition coefficient (Wildman–Crippen LogP) is 4.00. The van der Waals surface area contributed by atoms with Gasteiger partial charge < -0.3 is 9.08 Å². The monoisotopic (exact) mass is 361 g/mol. The minimum atomic E-state index is -2.00. The Morgan fingerprint density at radius 2 is 1.96 bits per heavy atom. The third-order valence-electron chi connectivity index (χ3n) is 5.80. The molecule has 2 heterocycles. The lowest BCUT2D eigenvalue weighted by molar-refractivity contribution is 0.351. The van der Waals surface area contributed by atoms with Crippen molar-refractivity contribution in [3.63, 3.8) is 0 Å². The summed E-state index contributed by atoms with van der Waals surface area (Å²) >= 11 is -2.00. The summed E-state index contributed by atoms with van der Waals surface area (Å²) in [5.74, 6) is 2.33. The van der Waals surface area contributed by atoms with Crippen LogP contribution in [0, 0.1) is 5.41 Å². The summed E-state index contributed by atoms with van der Waals surface area (Å²) in [5.41, 5.74) is 0.894. The molecule has 4 rings (SSSR count). The van der Waals surface area contributed by atoms with Crippen LogP contribution in [0.2, 0.25) is 0 Å². The highest BCUT2D eigenvalue weighted by atomic mass is 32.2. The van der Waals surface area contributed by atoms with Crippen molar-refractivity contribution in [3.8, 4) is 0 Å². The van der Waals surface area contributed by atoms with Crippen molar-refractivity contribution in [2.24, 2.45) is 5.41 Å². The molecule has 2 aliphatic carbocycles. The Morgan fingerprint density at radius 1 is 1.20 bits per heavy atom. The molecule has 0 saturated heterocycles. The number of hydrogen-bond acceptors (Lipinski definition) is 5. The topological polar surface area (TPSA) is 89.1 Å². The molecule has 0 spiro atoms. The van der Waals surface area contributed by atoms with Gasteiger partial charge in [-0.15, -0.1) is 0 Å². The van der Waals surface area contributed by atoms with E-state index in [9.17, 15) is 4.21 Å². The molecular formula is C18H23N3O3S. The lowest BCUT2D eigenvalue weighted by Gasteiger charge is -2.17. The van der Waals surface area contributed by atoms with E-state index in [1.54, 1.807) is 6.07 Å². The van der Waals surface area contributed by atoms with Crippen molar-refractivity contribution >= 4 is 11.1 Å². The summed E-state index contributed by atoms with van der Waals surface area (Å²) in [6, 6.07) is 3.49. The largest absolute Gasteiger partial charge is 0.339 e. The van der Waals surface area contributed by atoms with Crippen molar-refractivity contribution in [3.05, 3.63) is 35.7 Å². The summed E-state index contributed by atoms with van der Waals surface area (Å²) in [6.07, 6.45) is 7.57. The van der Waals surface area contributed by atoms with Crippen LogP contribution in [0.25, 0.3) is 0 Å². The molecule has 1 unspecified atom stereocenters. The molecule has 0 aliphatic heterocycles. The second kappa shape index (κ2) is 6.29. The molecule has 2 saturated carbocycles. The van der Waals surface area contributed by atoms with E-state index < -0.39 is 11.1 Å². The Balaban J connectivity index is 1.54. The fourth-order valence-electron chi connectivity index (χ4n) is 4.23. The summed E-state index contributed by atoms with van der Waals surface area (Å²) in [7, 11) is 0. The van der Waals surface area contributed by atoms with Crippen LogP contribution < -0.4 is 0 Å². The maximum absolute atomic E-state index is 11.1. The zero-order valence-electron chi connectivity index (χ0n) is 14.5. The summed E-state index contributed by atoms with van der Waals surface area (Å²) < 4.78 is 25.8. The van der Waals surface area contributed by atoms with E-state index in [1.165, 1.54) is 25.5 Å². The predicted molar refractivity (Wildman–Crippen MR) is 92.7 cm³/mol. The van der Waals surface area contributed by atoms with Crippen molar-refractivity contribution in [1.29, 1.82) is 0 Å². The molecule has 2 aliphatic rings. The van der Waals surface area contributed by atoms with Gasteiger partial charge in [0.25, 0.3) is 0 Å². The summed E-state index contributed by atoms with van der Waals surface area (Å²) in [4.78, 5) is 9.42. The lowest BCUT2D eigenvalue weighted by atomic mass is 9.89. The van der Waals surface area contributed by atoms with Gasteiger partial charge in [-0.3, -0.25) is 4.98 Å². The van der Waals surface area contributed by atoms with Crippen LogP contribution >= 0.6 is 0 Å². The molecule has 0 bridgehead atoms. The molecule has 134 valence electrons. The van der Waals surface area contributed by atoms with Gasteiger partial charge in [-0.1, -0.05) is 38.3 Å². The van der Waals surface area contributed by atoms with Crippen LogP contribution in [0.3, 0.4) is 0 Å². The molecule has 3 atom stereocenters. The van der Waals surface area contributed by atoms with Gasteiger partial charge in [-0.2, -0.15) is 4.98 Å². The number of pyridine rings is 1. The fourth-order valence-corrected chi connectivity index (χ4v) is 4.56. The highest BCUT2D eigenvalue weighted by Crippen LogP contribution is 2.69. The standard InChI is InChI=1S/C18H23N3O3S/c1-18(2)14(13-9-8-12(10-19-13)25(22)23)15(18)17-20-16(21-24-17)11-6-4-3-5-7-11/h8-11,14-15H,3-7H2,1-2H3,(H,22,23)/t14-,15+/m0/s1. The fraction of sp³-hybridized carbons (Fsp3) is 0.611. The zero-order valence-corrected chi connectivity index (χ0v) is 15.3. The SMILES string of the molecule is CC1(C)[C@@H](c2ccc(S(=O)O)cn2)[C@@H]1c1nc(C2CCCCC2)no1. The van der Waals surface area contributed by atoms with Crippen LogP contribution in [-0.4, -0.2) is 23.9 Å². The van der Waals surface area contributed by atoms with Gasteiger partial charge in [-0.25, -0.2) is 4.21 Å². The summed E-state index contributed by atoms with van der Waals surface area (Å²) in [6.45, 7) is 4.35. The summed E-state index contributed by atoms with van der Waals surface area (Å²) in [5, 5.41) is 4.25. The Morgan fingerprint density at radius 3 is 2.60 bits per heavy atom. The molecule has 6 nitrogen and oxygen atoms in total. The number of aromatic nitrogens is 3. The van der Waals surface area contributed by atoms with Crippen LogP contribution in [0.5, 0.6) is 0 Å². The average Bonchev–Trinajstić information content (AvgIpc) is 2.96. The van der Waals surface area contributed by atoms with Gasteiger partial charge in [0.05, 0.1) is 10.8 Å². The van der Waals surface area contributed by atoms with Crippen molar-refractivity contribution < 1.29 is 13.3 Å². The maximum Gasteiger partial charge on any atom is 0.231 e. The van der Waals surface area contributed by atoms with Crippen molar-refractivity contribution in [2.45, 2.75) is 68.6 Å². The van der Waals surface area contributed by atoms with E-state index in [1.807, 2.05) is 6.07 Å². The third kappa shape index (κ3) is 3.04. The second-order valence-electron chi connectivity index (χ2n) is 7.77. The Bertz CT molecular complexity index is 781. The first-order valence-electron chi connectivity index (χ1n) is 8.89. The molecule has 2 fully saturated rings. The van der Waals surface area contributed by atoms with Crippen molar-refractivity contribution in [1.82, 2.24) is 15.1 Å². The molecule has 0 radical (unpaired) electrons. The molecular weight excluding hydrogens is 338 g/mol. The molecule has 0 aromatic carbocycles. The zero-order chi connectivity index (χ0) is 17.6. The Labute approximate surface area is 149 Å². The van der Waals surface area contributed by atoms with Gasteiger partial charge in [-0.05, 0) is 30.4 Å². The van der Waals surface area contributed by atoms with Crippen LogP contribution in [0.4, 0.5) is 0 Å². The Hall–Kier alpha value is -1.60. The van der Waals surface area contributed by atoms with Gasteiger partial charge in [0, 0.05) is 23.7 Å². The van der Waals surface area contributed by atoms with Gasteiger partial charge in [0.15, 0.2) is 16.9 Å². The molecule has 2 aromatic rings. The smallest absolute Gasteiger partial charge is 0.231 e. The molecule has 7 heteroatoms. The maximum atomic E-state index is 11.1. The van der Waals surface area contributed by atoms with E-state index in [-0.39, 0.29) is 17.3 Å². The van der Waals surface area contributed by atoms with E-state index in [2.05, 4.69) is 24.0 Å².